The summed E-state index contributed by atoms with van der Waals surface area (Å²) in [6.07, 6.45) is 22.1. The third-order valence-corrected chi connectivity index (χ3v) is 11.5. The summed E-state index contributed by atoms with van der Waals surface area (Å²) in [5.74, 6) is 1.17. The van der Waals surface area contributed by atoms with Crippen molar-refractivity contribution in [3.8, 4) is 0 Å². The van der Waals surface area contributed by atoms with Crippen LogP contribution in [0.5, 0.6) is 0 Å². The molecule has 0 heterocycles. The highest BCUT2D eigenvalue weighted by molar-refractivity contribution is 7.89. The van der Waals surface area contributed by atoms with Crippen LogP contribution in [0.15, 0.2) is 100 Å². The van der Waals surface area contributed by atoms with Crippen LogP contribution in [-0.4, -0.2) is 27.9 Å². The van der Waals surface area contributed by atoms with E-state index < -0.39 is 25.3 Å². The number of benzene rings is 3. The van der Waals surface area contributed by atoms with Gasteiger partial charge in [0.25, 0.3) is 5.24 Å². The maximum absolute atomic E-state index is 12.6. The Morgan fingerprint density at radius 2 is 1.14 bits per heavy atom. The molecule has 0 bridgehead atoms. The first-order valence-electron chi connectivity index (χ1n) is 15.6. The number of rotatable bonds is 7. The van der Waals surface area contributed by atoms with Gasteiger partial charge in [-0.3, -0.25) is 9.59 Å². The fourth-order valence-corrected chi connectivity index (χ4v) is 8.22. The summed E-state index contributed by atoms with van der Waals surface area (Å²) < 4.78 is 45.0. The van der Waals surface area contributed by atoms with Crippen LogP contribution in [0.1, 0.15) is 89.1 Å². The van der Waals surface area contributed by atoms with E-state index >= 15 is 0 Å². The van der Waals surface area contributed by atoms with Gasteiger partial charge in [0.05, 0.1) is 21.7 Å². The van der Waals surface area contributed by atoms with Crippen LogP contribution in [-0.2, 0) is 20.0 Å². The monoisotopic (exact) mass is 761 g/mol. The molecule has 0 spiro atoms. The molecule has 6 rings (SSSR count). The lowest BCUT2D eigenvalue weighted by molar-refractivity contribution is 0.103. The van der Waals surface area contributed by atoms with Gasteiger partial charge in [0, 0.05) is 34.8 Å². The zero-order chi connectivity index (χ0) is 35.8. The van der Waals surface area contributed by atoms with Crippen molar-refractivity contribution in [1.29, 1.82) is 0 Å². The van der Waals surface area contributed by atoms with Gasteiger partial charge in [0.15, 0.2) is 5.78 Å². The largest absolute Gasteiger partial charge is 0.289 e. The second-order valence-corrected chi connectivity index (χ2v) is 16.1. The standard InChI is InChI=1S/C18H18ClNO3S.C11H13.C7H5Cl2NO3S/c19-16-10-9-15(11-17(16)24(20,22)23)18(21)14-7-5-13(6-8-14)12-3-1-2-4-12;1-2-6-10(7-3-1)11-8-4-5-9-11;8-5-2-1-4(7(9)11)3-6(5)14(10,12)13/h5-12H,1-4H2,(H2,20,22,23);1-2,6-7,11H,4-5,8-9H2;1-3H,(H2,10,12,13)/q;+1;. The predicted octanol–water partition coefficient (Wildman–Crippen LogP) is 8.27. The number of carbonyl (C=O) groups excluding carboxylic acids is 2. The number of hydrogen-bond donors (Lipinski definition) is 2. The Labute approximate surface area is 302 Å². The van der Waals surface area contributed by atoms with Crippen LogP contribution in [0.2, 0.25) is 10.0 Å². The summed E-state index contributed by atoms with van der Waals surface area (Å²) in [5.41, 5.74) is 3.53. The summed E-state index contributed by atoms with van der Waals surface area (Å²) in [5, 5.41) is 9.18. The summed E-state index contributed by atoms with van der Waals surface area (Å²) in [4.78, 5) is 22.8. The summed E-state index contributed by atoms with van der Waals surface area (Å²) in [7, 11) is -7.91. The van der Waals surface area contributed by atoms with E-state index in [1.165, 1.54) is 92.8 Å². The van der Waals surface area contributed by atoms with E-state index in [0.717, 1.165) is 12.0 Å². The third kappa shape index (κ3) is 10.9. The first kappa shape index (κ1) is 38.6. The molecule has 0 saturated heterocycles. The van der Waals surface area contributed by atoms with Gasteiger partial charge in [-0.15, -0.1) is 0 Å². The second-order valence-electron chi connectivity index (χ2n) is 11.9. The van der Waals surface area contributed by atoms with Crippen LogP contribution >= 0.6 is 34.8 Å². The Balaban J connectivity index is 0.000000183. The molecule has 3 aromatic carbocycles. The molecule has 2 saturated carbocycles. The Bertz CT molecular complexity index is 2000. The fourth-order valence-electron chi connectivity index (χ4n) is 5.96. The van der Waals surface area contributed by atoms with Crippen molar-refractivity contribution in [2.24, 2.45) is 16.2 Å². The zero-order valence-electron chi connectivity index (χ0n) is 26.4. The first-order valence-corrected chi connectivity index (χ1v) is 19.8. The number of ketones is 1. The molecule has 0 aromatic heterocycles. The Morgan fingerprint density at radius 1 is 0.673 bits per heavy atom. The SMILES string of the molecule is NS(=O)(=O)c1cc(C(=O)Cl)ccc1Cl.NS(=O)(=O)c1cc(C(=O)c2ccc(C3CCCC3)cc2)ccc1Cl.[C+]1=CC(C2CCCC2)=CC=C1. The maximum Gasteiger partial charge on any atom is 0.252 e. The maximum atomic E-state index is 12.6. The van der Waals surface area contributed by atoms with Crippen LogP contribution in [0.3, 0.4) is 0 Å². The molecule has 3 aliphatic carbocycles. The van der Waals surface area contributed by atoms with Crippen LogP contribution in [0.4, 0.5) is 0 Å². The summed E-state index contributed by atoms with van der Waals surface area (Å²) in [6.45, 7) is 0. The van der Waals surface area contributed by atoms with Crippen molar-refractivity contribution in [3.63, 3.8) is 0 Å². The minimum atomic E-state index is -3.97. The Hall–Kier alpha value is -3.18. The lowest BCUT2D eigenvalue weighted by Gasteiger charge is -2.10. The number of nitrogens with two attached hydrogens (primary N) is 2. The predicted molar refractivity (Wildman–Crippen MR) is 194 cm³/mol. The minimum Gasteiger partial charge on any atom is -0.289 e. The van der Waals surface area contributed by atoms with Gasteiger partial charge in [0.2, 0.25) is 20.0 Å². The fraction of sp³-hybridized carbons (Fsp3) is 0.278. The number of hydrogen-bond acceptors (Lipinski definition) is 6. The van der Waals surface area contributed by atoms with Gasteiger partial charge in [-0.05, 0) is 85.2 Å². The van der Waals surface area contributed by atoms with Crippen molar-refractivity contribution < 1.29 is 26.4 Å². The highest BCUT2D eigenvalue weighted by atomic mass is 35.5. The Kier molecular flexibility index (Phi) is 13.5. The van der Waals surface area contributed by atoms with Gasteiger partial charge in [-0.2, -0.15) is 0 Å². The number of halogens is 3. The van der Waals surface area contributed by atoms with Gasteiger partial charge in [-0.25, -0.2) is 27.1 Å². The lowest BCUT2D eigenvalue weighted by atomic mass is 9.95. The van der Waals surface area contributed by atoms with Crippen molar-refractivity contribution in [1.82, 2.24) is 0 Å². The quantitative estimate of drug-likeness (QED) is 0.140. The number of primary sulfonamides is 2. The van der Waals surface area contributed by atoms with Crippen LogP contribution in [0.25, 0.3) is 0 Å². The molecule has 0 amide bonds. The van der Waals surface area contributed by atoms with E-state index in [-0.39, 0.29) is 36.7 Å². The zero-order valence-corrected chi connectivity index (χ0v) is 30.3. The minimum absolute atomic E-state index is 0.00521. The molecule has 0 unspecified atom stereocenters. The van der Waals surface area contributed by atoms with Crippen molar-refractivity contribution in [2.45, 2.75) is 67.1 Å². The molecule has 49 heavy (non-hydrogen) atoms. The molecule has 8 nitrogen and oxygen atoms in total. The van der Waals surface area contributed by atoms with E-state index in [1.807, 2.05) is 18.2 Å². The molecule has 2 fully saturated rings. The number of sulfonamides is 2. The average Bonchev–Trinajstić information content (AvgIpc) is 3.81. The van der Waals surface area contributed by atoms with E-state index in [1.54, 1.807) is 12.1 Å². The molecule has 258 valence electrons. The van der Waals surface area contributed by atoms with Crippen LogP contribution in [0, 0.1) is 12.0 Å². The molecule has 3 aromatic rings. The highest BCUT2D eigenvalue weighted by Crippen LogP contribution is 2.34. The molecular weight excluding hydrogens is 727 g/mol. The van der Waals surface area contributed by atoms with E-state index in [9.17, 15) is 26.4 Å². The molecular formula is C36H36Cl3N2O6S2+. The summed E-state index contributed by atoms with van der Waals surface area (Å²) in [6, 6.07) is 15.3. The van der Waals surface area contributed by atoms with Gasteiger partial charge in [0.1, 0.15) is 21.9 Å². The highest BCUT2D eigenvalue weighted by Gasteiger charge is 2.23. The van der Waals surface area contributed by atoms with Gasteiger partial charge < -0.3 is 0 Å². The molecule has 13 heteroatoms. The number of carbonyl (C=O) groups is 2. The molecule has 3 aliphatic rings. The van der Waals surface area contributed by atoms with Crippen molar-refractivity contribution in [3.05, 3.63) is 129 Å². The van der Waals surface area contributed by atoms with E-state index in [0.29, 0.717) is 11.5 Å². The normalized spacial score (nSPS) is 16.1. The smallest absolute Gasteiger partial charge is 0.252 e. The number of allylic oxidation sites excluding steroid dienone is 6. The van der Waals surface area contributed by atoms with E-state index in [2.05, 4.69) is 24.3 Å². The average molecular weight is 763 g/mol. The lowest BCUT2D eigenvalue weighted by Crippen LogP contribution is -2.14. The molecule has 0 atom stereocenters. The summed E-state index contributed by atoms with van der Waals surface area (Å²) >= 11 is 16.6. The molecule has 0 aliphatic heterocycles. The Morgan fingerprint density at radius 3 is 1.61 bits per heavy atom. The van der Waals surface area contributed by atoms with Gasteiger partial charge >= 0.3 is 0 Å². The van der Waals surface area contributed by atoms with E-state index in [4.69, 9.17) is 45.1 Å². The van der Waals surface area contributed by atoms with Crippen LogP contribution < -0.4 is 10.3 Å². The second kappa shape index (κ2) is 17.2. The van der Waals surface area contributed by atoms with Gasteiger partial charge in [-0.1, -0.05) is 73.2 Å². The van der Waals surface area contributed by atoms with Crippen molar-refractivity contribution >= 4 is 65.9 Å². The molecule has 4 N–H and O–H groups in total. The van der Waals surface area contributed by atoms with Crippen molar-refractivity contribution in [2.75, 3.05) is 0 Å². The molecule has 0 radical (unpaired) electrons. The third-order valence-electron chi connectivity index (χ3n) is 8.52. The first-order chi connectivity index (χ1) is 23.1. The topological polar surface area (TPSA) is 154 Å².